The molecule has 0 aromatic heterocycles. The highest BCUT2D eigenvalue weighted by molar-refractivity contribution is 6.05. The molecule has 1 aliphatic rings. The first-order valence-electron chi connectivity index (χ1n) is 10.2. The third kappa shape index (κ3) is 4.12. The summed E-state index contributed by atoms with van der Waals surface area (Å²) in [7, 11) is 1.59. The molecule has 1 saturated heterocycles. The van der Waals surface area contributed by atoms with Crippen molar-refractivity contribution < 1.29 is 18.7 Å². The average molecular weight is 405 g/mol. The molecule has 3 aromatic carbocycles. The van der Waals surface area contributed by atoms with E-state index in [4.69, 9.17) is 4.74 Å². The maximum absolute atomic E-state index is 13.1. The highest BCUT2D eigenvalue weighted by atomic mass is 19.1. The molecule has 1 fully saturated rings. The van der Waals surface area contributed by atoms with E-state index in [2.05, 4.69) is 4.90 Å². The number of Topliss-reactive ketones (excluding diaryl/α,β-unsaturated/α-hetero) is 2. The van der Waals surface area contributed by atoms with Gasteiger partial charge in [-0.05, 0) is 61.6 Å². The van der Waals surface area contributed by atoms with Crippen LogP contribution in [0.3, 0.4) is 0 Å². The van der Waals surface area contributed by atoms with Crippen LogP contribution in [0.2, 0.25) is 0 Å². The molecule has 0 atom stereocenters. The van der Waals surface area contributed by atoms with Crippen LogP contribution in [-0.2, 0) is 0 Å². The van der Waals surface area contributed by atoms with Crippen molar-refractivity contribution >= 4 is 22.3 Å². The Bertz CT molecular complexity index is 1070. The lowest BCUT2D eigenvalue weighted by Gasteiger charge is -2.30. The number of hydrogen-bond acceptors (Lipinski definition) is 4. The van der Waals surface area contributed by atoms with Crippen molar-refractivity contribution in [2.45, 2.75) is 12.8 Å². The lowest BCUT2D eigenvalue weighted by molar-refractivity contribution is 0.0804. The maximum Gasteiger partial charge on any atom is 0.180 e. The molecule has 0 amide bonds. The smallest absolute Gasteiger partial charge is 0.180 e. The maximum atomic E-state index is 13.1. The van der Waals surface area contributed by atoms with Gasteiger partial charge in [0.15, 0.2) is 11.6 Å². The molecule has 0 spiro atoms. The van der Waals surface area contributed by atoms with Gasteiger partial charge in [-0.25, -0.2) is 4.39 Å². The Morgan fingerprint density at radius 2 is 1.70 bits per heavy atom. The summed E-state index contributed by atoms with van der Waals surface area (Å²) < 4.78 is 18.7. The molecule has 154 valence electrons. The second kappa shape index (κ2) is 8.76. The Balaban J connectivity index is 1.40. The second-order valence-corrected chi connectivity index (χ2v) is 7.71. The number of likely N-dealkylation sites (tertiary alicyclic amines) is 1. The van der Waals surface area contributed by atoms with Crippen molar-refractivity contribution in [3.63, 3.8) is 0 Å². The molecular weight excluding hydrogens is 381 g/mol. The first-order valence-corrected chi connectivity index (χ1v) is 10.2. The number of ether oxygens (including phenoxy) is 1. The normalized spacial score (nSPS) is 15.3. The van der Waals surface area contributed by atoms with Gasteiger partial charge in [-0.2, -0.15) is 0 Å². The fourth-order valence-corrected chi connectivity index (χ4v) is 4.17. The Morgan fingerprint density at radius 1 is 1.00 bits per heavy atom. The van der Waals surface area contributed by atoms with E-state index in [0.717, 1.165) is 10.8 Å². The van der Waals surface area contributed by atoms with E-state index in [-0.39, 0.29) is 23.3 Å². The SMILES string of the molecule is COc1c(C(=O)CN2CCC(C(=O)c3ccc(F)cc3)CC2)ccc2ccccc12. The fraction of sp³-hybridized carbons (Fsp3) is 0.280. The van der Waals surface area contributed by atoms with Crippen LogP contribution in [0.1, 0.15) is 33.6 Å². The van der Waals surface area contributed by atoms with Gasteiger partial charge in [-0.1, -0.05) is 30.3 Å². The molecule has 4 rings (SSSR count). The average Bonchev–Trinajstić information content (AvgIpc) is 2.78. The van der Waals surface area contributed by atoms with Crippen molar-refractivity contribution in [1.29, 1.82) is 0 Å². The predicted molar refractivity (Wildman–Crippen MR) is 115 cm³/mol. The van der Waals surface area contributed by atoms with E-state index in [9.17, 15) is 14.0 Å². The first kappa shape index (κ1) is 20.2. The summed E-state index contributed by atoms with van der Waals surface area (Å²) in [5.41, 5.74) is 1.13. The summed E-state index contributed by atoms with van der Waals surface area (Å²) in [5.74, 6) is 0.249. The standard InChI is InChI=1S/C25H24FNO3/c1-30-25-21-5-3-2-4-17(21)8-11-22(25)23(28)16-27-14-12-19(13-15-27)24(29)18-6-9-20(26)10-7-18/h2-11,19H,12-16H2,1H3. The minimum atomic E-state index is -0.344. The molecule has 0 bridgehead atoms. The lowest BCUT2D eigenvalue weighted by Crippen LogP contribution is -2.39. The molecule has 0 radical (unpaired) electrons. The highest BCUT2D eigenvalue weighted by Gasteiger charge is 2.27. The number of rotatable bonds is 6. The minimum Gasteiger partial charge on any atom is -0.495 e. The number of nitrogens with zero attached hydrogens (tertiary/aromatic N) is 1. The van der Waals surface area contributed by atoms with Crippen molar-refractivity contribution in [2.75, 3.05) is 26.7 Å². The third-order valence-corrected chi connectivity index (χ3v) is 5.84. The van der Waals surface area contributed by atoms with E-state index in [1.54, 1.807) is 19.2 Å². The molecule has 4 nitrogen and oxygen atoms in total. The zero-order valence-corrected chi connectivity index (χ0v) is 16.9. The molecule has 0 unspecified atom stereocenters. The van der Waals surface area contributed by atoms with Crippen LogP contribution in [0, 0.1) is 11.7 Å². The van der Waals surface area contributed by atoms with Gasteiger partial charge < -0.3 is 4.74 Å². The number of ketones is 2. The van der Waals surface area contributed by atoms with E-state index in [1.165, 1.54) is 12.1 Å². The summed E-state index contributed by atoms with van der Waals surface area (Å²) >= 11 is 0. The number of methoxy groups -OCH3 is 1. The molecule has 5 heteroatoms. The molecule has 0 N–H and O–H groups in total. The van der Waals surface area contributed by atoms with Crippen LogP contribution >= 0.6 is 0 Å². The van der Waals surface area contributed by atoms with Crippen LogP contribution in [0.5, 0.6) is 5.75 Å². The van der Waals surface area contributed by atoms with Crippen molar-refractivity contribution in [2.24, 2.45) is 5.92 Å². The van der Waals surface area contributed by atoms with Crippen LogP contribution < -0.4 is 4.74 Å². The molecule has 1 heterocycles. The number of hydrogen-bond donors (Lipinski definition) is 0. The largest absolute Gasteiger partial charge is 0.495 e. The van der Waals surface area contributed by atoms with Gasteiger partial charge in [-0.15, -0.1) is 0 Å². The first-order chi connectivity index (χ1) is 14.6. The molecule has 1 aliphatic heterocycles. The molecule has 0 saturated carbocycles. The van der Waals surface area contributed by atoms with Gasteiger partial charge in [0.2, 0.25) is 0 Å². The molecule has 0 aliphatic carbocycles. The quantitative estimate of drug-likeness (QED) is 0.555. The van der Waals surface area contributed by atoms with E-state index >= 15 is 0 Å². The number of carbonyl (C=O) groups is 2. The highest BCUT2D eigenvalue weighted by Crippen LogP contribution is 2.30. The predicted octanol–water partition coefficient (Wildman–Crippen LogP) is 4.77. The summed E-state index contributed by atoms with van der Waals surface area (Å²) in [4.78, 5) is 27.7. The number of benzene rings is 3. The summed E-state index contributed by atoms with van der Waals surface area (Å²) in [6, 6.07) is 17.3. The molecular formula is C25H24FNO3. The number of halogens is 1. The van der Waals surface area contributed by atoms with Crippen LogP contribution in [0.25, 0.3) is 10.8 Å². The van der Waals surface area contributed by atoms with Gasteiger partial charge in [0, 0.05) is 16.9 Å². The Labute approximate surface area is 175 Å². The zero-order chi connectivity index (χ0) is 21.1. The second-order valence-electron chi connectivity index (χ2n) is 7.71. The van der Waals surface area contributed by atoms with Crippen LogP contribution in [0.15, 0.2) is 60.7 Å². The van der Waals surface area contributed by atoms with Gasteiger partial charge >= 0.3 is 0 Å². The summed E-state index contributed by atoms with van der Waals surface area (Å²) in [6.45, 7) is 1.66. The van der Waals surface area contributed by atoms with E-state index < -0.39 is 0 Å². The Hall–Kier alpha value is -3.05. The van der Waals surface area contributed by atoms with Crippen molar-refractivity contribution in [3.8, 4) is 5.75 Å². The third-order valence-electron chi connectivity index (χ3n) is 5.84. The monoisotopic (exact) mass is 405 g/mol. The Kier molecular flexibility index (Phi) is 5.91. The van der Waals surface area contributed by atoms with Crippen LogP contribution in [0.4, 0.5) is 4.39 Å². The van der Waals surface area contributed by atoms with Gasteiger partial charge in [-0.3, -0.25) is 14.5 Å². The van der Waals surface area contributed by atoms with Crippen molar-refractivity contribution in [1.82, 2.24) is 4.90 Å². The van der Waals surface area contributed by atoms with Crippen LogP contribution in [-0.4, -0.2) is 43.2 Å². The topological polar surface area (TPSA) is 46.6 Å². The van der Waals surface area contributed by atoms with Gasteiger partial charge in [0.1, 0.15) is 11.6 Å². The number of carbonyl (C=O) groups excluding carboxylic acids is 2. The fourth-order valence-electron chi connectivity index (χ4n) is 4.17. The zero-order valence-electron chi connectivity index (χ0n) is 16.9. The van der Waals surface area contributed by atoms with E-state index in [1.807, 2.05) is 36.4 Å². The number of piperidine rings is 1. The molecule has 3 aromatic rings. The van der Waals surface area contributed by atoms with E-state index in [0.29, 0.717) is 49.4 Å². The molecule has 30 heavy (non-hydrogen) atoms. The summed E-state index contributed by atoms with van der Waals surface area (Å²) in [6.07, 6.45) is 1.39. The summed E-state index contributed by atoms with van der Waals surface area (Å²) in [5, 5.41) is 1.96. The minimum absolute atomic E-state index is 0.0147. The lowest BCUT2D eigenvalue weighted by atomic mass is 9.88. The van der Waals surface area contributed by atoms with Gasteiger partial charge in [0.25, 0.3) is 0 Å². The Morgan fingerprint density at radius 3 is 2.40 bits per heavy atom. The number of fused-ring (bicyclic) bond motifs is 1. The van der Waals surface area contributed by atoms with Gasteiger partial charge in [0.05, 0.1) is 19.2 Å². The van der Waals surface area contributed by atoms with Crippen molar-refractivity contribution in [3.05, 3.63) is 77.6 Å².